The molecule has 3 atom stereocenters. The molecule has 0 radical (unpaired) electrons. The lowest BCUT2D eigenvalue weighted by Crippen LogP contribution is -2.39. The van der Waals surface area contributed by atoms with E-state index in [-0.39, 0.29) is 18.4 Å². The van der Waals surface area contributed by atoms with Crippen LogP contribution >= 0.6 is 0 Å². The fourth-order valence-corrected chi connectivity index (χ4v) is 4.50. The predicted octanol–water partition coefficient (Wildman–Crippen LogP) is 3.05. The molecule has 2 N–H and O–H groups in total. The average Bonchev–Trinajstić information content (AvgIpc) is 3.07. The summed E-state index contributed by atoms with van der Waals surface area (Å²) in [5.41, 5.74) is 1.29. The smallest absolute Gasteiger partial charge is 0.246 e. The molecule has 2 aliphatic rings. The Hall–Kier alpha value is -1.36. The van der Waals surface area contributed by atoms with E-state index in [2.05, 4.69) is 37.5 Å². The van der Waals surface area contributed by atoms with Gasteiger partial charge in [-0.05, 0) is 49.9 Å². The molecule has 148 valence electrons. The van der Waals surface area contributed by atoms with Gasteiger partial charge in [0.1, 0.15) is 6.61 Å². The number of rotatable bonds is 8. The van der Waals surface area contributed by atoms with Crippen LogP contribution < -0.4 is 10.6 Å². The molecule has 5 nitrogen and oxygen atoms in total. The molecule has 0 bridgehead atoms. The van der Waals surface area contributed by atoms with Crippen LogP contribution in [0.15, 0.2) is 11.6 Å². The van der Waals surface area contributed by atoms with Gasteiger partial charge < -0.3 is 15.4 Å². The second kappa shape index (κ2) is 10.1. The molecule has 26 heavy (non-hydrogen) atoms. The van der Waals surface area contributed by atoms with E-state index in [4.69, 9.17) is 4.74 Å². The van der Waals surface area contributed by atoms with E-state index >= 15 is 0 Å². The molecular weight excluding hydrogens is 328 g/mol. The van der Waals surface area contributed by atoms with Crippen LogP contribution in [-0.4, -0.2) is 38.1 Å². The van der Waals surface area contributed by atoms with Crippen LogP contribution in [0.4, 0.5) is 0 Å². The van der Waals surface area contributed by atoms with Crippen molar-refractivity contribution in [2.24, 2.45) is 23.7 Å². The van der Waals surface area contributed by atoms with Gasteiger partial charge >= 0.3 is 0 Å². The minimum Gasteiger partial charge on any atom is -0.375 e. The molecule has 5 heteroatoms. The molecule has 0 aromatic rings. The monoisotopic (exact) mass is 364 g/mol. The van der Waals surface area contributed by atoms with Gasteiger partial charge in [-0.1, -0.05) is 38.3 Å². The average molecular weight is 365 g/mol. The molecule has 0 aromatic carbocycles. The van der Waals surface area contributed by atoms with Crippen LogP contribution in [0.3, 0.4) is 0 Å². The van der Waals surface area contributed by atoms with Gasteiger partial charge in [0.15, 0.2) is 0 Å². The Labute approximate surface area is 158 Å². The standard InChI is InChI=1S/C21H36N2O3/c1-14(2)19-10-16(11-20(24)23-18-7-5-6-8-18)15(3)9-17(19)12-22-21(25)13-26-4/h9,14,16-19H,5-8,10-13H2,1-4H3,(H,22,25)(H,23,24)/t16-,17-,19-/m0/s1. The SMILES string of the molecule is COCC(=O)NC[C@@H]1C=C(C)[C@H](CC(=O)NC2CCCC2)C[C@H]1C(C)C. The Morgan fingerprint density at radius 1 is 1.23 bits per heavy atom. The highest BCUT2D eigenvalue weighted by Gasteiger charge is 2.33. The quantitative estimate of drug-likeness (QED) is 0.651. The number of ether oxygens (including phenoxy) is 1. The maximum absolute atomic E-state index is 12.4. The zero-order chi connectivity index (χ0) is 19.1. The van der Waals surface area contributed by atoms with Gasteiger partial charge in [0.05, 0.1) is 0 Å². The molecule has 0 unspecified atom stereocenters. The maximum atomic E-state index is 12.4. The lowest BCUT2D eigenvalue weighted by Gasteiger charge is -2.37. The first-order valence-corrected chi connectivity index (χ1v) is 10.1. The van der Waals surface area contributed by atoms with Crippen molar-refractivity contribution in [2.45, 2.75) is 65.3 Å². The van der Waals surface area contributed by atoms with Gasteiger partial charge in [0, 0.05) is 26.1 Å². The van der Waals surface area contributed by atoms with E-state index in [1.54, 1.807) is 0 Å². The van der Waals surface area contributed by atoms with Crippen LogP contribution in [0.5, 0.6) is 0 Å². The minimum atomic E-state index is -0.0703. The summed E-state index contributed by atoms with van der Waals surface area (Å²) in [5, 5.41) is 6.19. The lowest BCUT2D eigenvalue weighted by atomic mass is 9.69. The molecule has 0 aliphatic heterocycles. The van der Waals surface area contributed by atoms with Crippen molar-refractivity contribution in [3.05, 3.63) is 11.6 Å². The van der Waals surface area contributed by atoms with Crippen LogP contribution in [-0.2, 0) is 14.3 Å². The maximum Gasteiger partial charge on any atom is 0.246 e. The predicted molar refractivity (Wildman–Crippen MR) is 104 cm³/mol. The van der Waals surface area contributed by atoms with Crippen molar-refractivity contribution in [1.82, 2.24) is 10.6 Å². The van der Waals surface area contributed by atoms with Crippen molar-refractivity contribution in [1.29, 1.82) is 0 Å². The number of hydrogen-bond acceptors (Lipinski definition) is 3. The molecule has 2 rings (SSSR count). The van der Waals surface area contributed by atoms with Crippen molar-refractivity contribution in [2.75, 3.05) is 20.3 Å². The first kappa shape index (κ1) is 20.9. The Morgan fingerprint density at radius 2 is 1.92 bits per heavy atom. The van der Waals surface area contributed by atoms with E-state index in [0.29, 0.717) is 42.7 Å². The third-order valence-electron chi connectivity index (χ3n) is 6.05. The molecule has 0 spiro atoms. The molecule has 1 saturated carbocycles. The highest BCUT2D eigenvalue weighted by molar-refractivity contribution is 5.77. The van der Waals surface area contributed by atoms with Gasteiger partial charge in [-0.25, -0.2) is 0 Å². The normalized spacial score (nSPS) is 26.7. The van der Waals surface area contributed by atoms with Crippen LogP contribution in [0.2, 0.25) is 0 Å². The van der Waals surface area contributed by atoms with Crippen molar-refractivity contribution < 1.29 is 14.3 Å². The van der Waals surface area contributed by atoms with Gasteiger partial charge in [-0.15, -0.1) is 0 Å². The van der Waals surface area contributed by atoms with E-state index in [1.165, 1.54) is 25.5 Å². The zero-order valence-electron chi connectivity index (χ0n) is 16.8. The molecule has 1 fully saturated rings. The Morgan fingerprint density at radius 3 is 2.54 bits per heavy atom. The molecular formula is C21H36N2O3. The fraction of sp³-hybridized carbons (Fsp3) is 0.810. The summed E-state index contributed by atoms with van der Waals surface area (Å²) in [6, 6.07) is 0.389. The van der Waals surface area contributed by atoms with Gasteiger partial charge in [0.25, 0.3) is 0 Å². The van der Waals surface area contributed by atoms with Gasteiger partial charge in [0.2, 0.25) is 11.8 Å². The topological polar surface area (TPSA) is 67.4 Å². The van der Waals surface area contributed by atoms with Crippen LogP contribution in [0.1, 0.15) is 59.3 Å². The Balaban J connectivity index is 1.93. The Bertz CT molecular complexity index is 509. The third-order valence-corrected chi connectivity index (χ3v) is 6.05. The summed E-state index contributed by atoms with van der Waals surface area (Å²) >= 11 is 0. The third kappa shape index (κ3) is 6.11. The molecule has 0 heterocycles. The molecule has 2 amide bonds. The van der Waals surface area contributed by atoms with E-state index in [1.807, 2.05) is 0 Å². The van der Waals surface area contributed by atoms with Gasteiger partial charge in [-0.2, -0.15) is 0 Å². The first-order chi connectivity index (χ1) is 12.4. The molecule has 0 aromatic heterocycles. The number of methoxy groups -OCH3 is 1. The number of hydrogen-bond donors (Lipinski definition) is 2. The highest BCUT2D eigenvalue weighted by atomic mass is 16.5. The minimum absolute atomic E-state index is 0.0703. The Kier molecular flexibility index (Phi) is 8.14. The summed E-state index contributed by atoms with van der Waals surface area (Å²) in [4.78, 5) is 24.2. The van der Waals surface area contributed by atoms with E-state index in [0.717, 1.165) is 19.3 Å². The summed E-state index contributed by atoms with van der Waals surface area (Å²) in [7, 11) is 1.53. The summed E-state index contributed by atoms with van der Waals surface area (Å²) in [6.45, 7) is 7.35. The first-order valence-electron chi connectivity index (χ1n) is 10.1. The number of amides is 2. The van der Waals surface area contributed by atoms with Crippen LogP contribution in [0.25, 0.3) is 0 Å². The lowest BCUT2D eigenvalue weighted by molar-refractivity contribution is -0.125. The molecule has 2 aliphatic carbocycles. The second-order valence-electron chi connectivity index (χ2n) is 8.41. The number of carbonyl (C=O) groups excluding carboxylic acids is 2. The highest BCUT2D eigenvalue weighted by Crippen LogP contribution is 2.38. The zero-order valence-corrected chi connectivity index (χ0v) is 16.8. The van der Waals surface area contributed by atoms with E-state index in [9.17, 15) is 9.59 Å². The van der Waals surface area contributed by atoms with Crippen molar-refractivity contribution >= 4 is 11.8 Å². The molecule has 0 saturated heterocycles. The number of nitrogens with one attached hydrogen (secondary N) is 2. The number of carbonyl (C=O) groups is 2. The van der Waals surface area contributed by atoms with Crippen molar-refractivity contribution in [3.63, 3.8) is 0 Å². The second-order valence-corrected chi connectivity index (χ2v) is 8.41. The van der Waals surface area contributed by atoms with E-state index < -0.39 is 0 Å². The van der Waals surface area contributed by atoms with Crippen LogP contribution in [0, 0.1) is 23.7 Å². The summed E-state index contributed by atoms with van der Waals surface area (Å²) in [5.74, 6) is 1.76. The number of allylic oxidation sites excluding steroid dienone is 1. The largest absolute Gasteiger partial charge is 0.375 e. The summed E-state index contributed by atoms with van der Waals surface area (Å²) < 4.78 is 4.88. The summed E-state index contributed by atoms with van der Waals surface area (Å²) in [6.07, 6.45) is 8.62. The fourth-order valence-electron chi connectivity index (χ4n) is 4.50. The van der Waals surface area contributed by atoms with Crippen molar-refractivity contribution in [3.8, 4) is 0 Å². The van der Waals surface area contributed by atoms with Gasteiger partial charge in [-0.3, -0.25) is 9.59 Å².